The minimum absolute atomic E-state index is 0.122. The Morgan fingerprint density at radius 2 is 1.48 bits per heavy atom. The Labute approximate surface area is 188 Å². The van der Waals surface area contributed by atoms with Gasteiger partial charge in [0.25, 0.3) is 11.8 Å². The van der Waals surface area contributed by atoms with E-state index in [-0.39, 0.29) is 11.8 Å². The van der Waals surface area contributed by atoms with E-state index in [0.29, 0.717) is 48.7 Å². The number of benzene rings is 2. The third-order valence-electron chi connectivity index (χ3n) is 5.43. The Balaban J connectivity index is 1.37. The number of hydrogen-bond acceptors (Lipinski definition) is 4. The van der Waals surface area contributed by atoms with Crippen molar-refractivity contribution in [3.8, 4) is 11.4 Å². The molecule has 0 atom stereocenters. The molecule has 0 spiro atoms. The van der Waals surface area contributed by atoms with Crippen LogP contribution in [0.3, 0.4) is 0 Å². The molecule has 1 aliphatic rings. The number of hydrogen-bond donors (Lipinski definition) is 0. The van der Waals surface area contributed by atoms with Gasteiger partial charge < -0.3 is 14.5 Å². The molecule has 0 unspecified atom stereocenters. The lowest BCUT2D eigenvalue weighted by Gasteiger charge is -2.35. The maximum absolute atomic E-state index is 12.8. The predicted molar refractivity (Wildman–Crippen MR) is 113 cm³/mol. The van der Waals surface area contributed by atoms with Crippen LogP contribution in [-0.4, -0.2) is 64.7 Å². The molecule has 1 fully saturated rings. The van der Waals surface area contributed by atoms with Crippen molar-refractivity contribution in [1.29, 1.82) is 0 Å². The zero-order chi connectivity index (χ0) is 23.6. The van der Waals surface area contributed by atoms with Crippen LogP contribution in [0.1, 0.15) is 26.4 Å². The molecule has 2 aromatic carbocycles. The summed E-state index contributed by atoms with van der Waals surface area (Å²) in [5.41, 5.74) is 0.367. The van der Waals surface area contributed by atoms with Crippen molar-refractivity contribution in [2.24, 2.45) is 0 Å². The van der Waals surface area contributed by atoms with Crippen LogP contribution in [0.5, 0.6) is 5.75 Å². The lowest BCUT2D eigenvalue weighted by Crippen LogP contribution is -2.50. The maximum Gasteiger partial charge on any atom is 0.435 e. The summed E-state index contributed by atoms with van der Waals surface area (Å²) in [6.45, 7) is 1.55. The minimum atomic E-state index is -4.52. The highest BCUT2D eigenvalue weighted by Gasteiger charge is 2.33. The molecule has 0 aliphatic carbocycles. The average molecular weight is 458 g/mol. The van der Waals surface area contributed by atoms with Crippen LogP contribution in [0.15, 0.2) is 60.8 Å². The Bertz CT molecular complexity index is 1150. The van der Waals surface area contributed by atoms with Crippen LogP contribution in [0.4, 0.5) is 13.2 Å². The van der Waals surface area contributed by atoms with E-state index in [1.807, 2.05) is 0 Å². The Morgan fingerprint density at radius 3 is 2.03 bits per heavy atom. The number of amides is 2. The molecule has 1 saturated heterocycles. The Hall–Kier alpha value is -3.82. The van der Waals surface area contributed by atoms with Gasteiger partial charge in [-0.1, -0.05) is 6.07 Å². The fourth-order valence-corrected chi connectivity index (χ4v) is 3.61. The van der Waals surface area contributed by atoms with E-state index in [2.05, 4.69) is 5.10 Å². The maximum atomic E-state index is 12.8. The van der Waals surface area contributed by atoms with Gasteiger partial charge in [0.05, 0.1) is 12.8 Å². The van der Waals surface area contributed by atoms with Crippen molar-refractivity contribution in [2.45, 2.75) is 6.18 Å². The van der Waals surface area contributed by atoms with E-state index < -0.39 is 11.9 Å². The fourth-order valence-electron chi connectivity index (χ4n) is 3.61. The van der Waals surface area contributed by atoms with Crippen LogP contribution in [0, 0.1) is 0 Å². The number of rotatable bonds is 4. The number of carbonyl (C=O) groups is 2. The molecule has 172 valence electrons. The van der Waals surface area contributed by atoms with Crippen LogP contribution in [0.2, 0.25) is 0 Å². The number of methoxy groups -OCH3 is 1. The highest BCUT2D eigenvalue weighted by molar-refractivity contribution is 5.96. The Kier molecular flexibility index (Phi) is 6.08. The van der Waals surface area contributed by atoms with Crippen molar-refractivity contribution in [1.82, 2.24) is 19.6 Å². The molecule has 2 heterocycles. The number of alkyl halides is 3. The zero-order valence-corrected chi connectivity index (χ0v) is 17.7. The van der Waals surface area contributed by atoms with Gasteiger partial charge in [-0.15, -0.1) is 0 Å². The first-order valence-electron chi connectivity index (χ1n) is 10.2. The summed E-state index contributed by atoms with van der Waals surface area (Å²) in [6.07, 6.45) is -3.30. The van der Waals surface area contributed by atoms with Gasteiger partial charge in [0.2, 0.25) is 0 Å². The van der Waals surface area contributed by atoms with Gasteiger partial charge in [0.15, 0.2) is 5.69 Å². The number of aromatic nitrogens is 2. The minimum Gasteiger partial charge on any atom is -0.497 e. The first kappa shape index (κ1) is 22.4. The van der Waals surface area contributed by atoms with E-state index in [4.69, 9.17) is 4.74 Å². The zero-order valence-electron chi connectivity index (χ0n) is 17.7. The van der Waals surface area contributed by atoms with E-state index in [1.165, 1.54) is 13.3 Å². The third-order valence-corrected chi connectivity index (χ3v) is 5.43. The second-order valence-corrected chi connectivity index (χ2v) is 7.51. The van der Waals surface area contributed by atoms with Gasteiger partial charge in [0.1, 0.15) is 5.75 Å². The quantitative estimate of drug-likeness (QED) is 0.600. The van der Waals surface area contributed by atoms with Crippen LogP contribution in [-0.2, 0) is 6.18 Å². The molecular formula is C23H21F3N4O3. The Morgan fingerprint density at radius 1 is 0.879 bits per heavy atom. The van der Waals surface area contributed by atoms with Gasteiger partial charge in [-0.05, 0) is 48.5 Å². The average Bonchev–Trinajstić information content (AvgIpc) is 3.34. The molecule has 10 heteroatoms. The molecule has 4 rings (SSSR count). The number of piperazine rings is 1. The smallest absolute Gasteiger partial charge is 0.435 e. The van der Waals surface area contributed by atoms with Gasteiger partial charge in [-0.2, -0.15) is 18.3 Å². The largest absolute Gasteiger partial charge is 0.497 e. The van der Waals surface area contributed by atoms with Crippen molar-refractivity contribution in [3.05, 3.63) is 77.6 Å². The molecule has 3 aromatic rings. The number of nitrogens with zero attached hydrogens (tertiary/aromatic N) is 4. The summed E-state index contributed by atoms with van der Waals surface area (Å²) in [6, 6.07) is 14.0. The van der Waals surface area contributed by atoms with Crippen molar-refractivity contribution in [2.75, 3.05) is 33.3 Å². The monoisotopic (exact) mass is 458 g/mol. The number of halogens is 3. The normalized spacial score (nSPS) is 14.3. The van der Waals surface area contributed by atoms with Crippen molar-refractivity contribution >= 4 is 11.8 Å². The van der Waals surface area contributed by atoms with Crippen LogP contribution < -0.4 is 4.74 Å². The molecule has 0 bridgehead atoms. The first-order valence-corrected chi connectivity index (χ1v) is 10.2. The lowest BCUT2D eigenvalue weighted by molar-refractivity contribution is -0.141. The highest BCUT2D eigenvalue weighted by atomic mass is 19.4. The predicted octanol–water partition coefficient (Wildman–Crippen LogP) is 3.50. The van der Waals surface area contributed by atoms with E-state index >= 15 is 0 Å². The van der Waals surface area contributed by atoms with Gasteiger partial charge in [-0.25, -0.2) is 4.68 Å². The van der Waals surface area contributed by atoms with Gasteiger partial charge >= 0.3 is 6.18 Å². The molecule has 0 radical (unpaired) electrons. The van der Waals surface area contributed by atoms with Gasteiger partial charge in [-0.3, -0.25) is 9.59 Å². The number of ether oxygens (including phenoxy) is 1. The standard InChI is InChI=1S/C23H21F3N4O3/c1-33-19-4-2-3-17(15-19)22(32)29-13-11-28(12-14-29)21(31)16-5-7-18(8-6-16)30-10-9-20(27-30)23(24,25)26/h2-10,15H,11-14H2,1H3. The third kappa shape index (κ3) is 4.84. The molecule has 1 aromatic heterocycles. The van der Waals surface area contributed by atoms with E-state index in [1.54, 1.807) is 58.3 Å². The van der Waals surface area contributed by atoms with Gasteiger partial charge in [0, 0.05) is 43.5 Å². The fraction of sp³-hybridized carbons (Fsp3) is 0.261. The summed E-state index contributed by atoms with van der Waals surface area (Å²) in [4.78, 5) is 28.9. The molecule has 7 nitrogen and oxygen atoms in total. The summed E-state index contributed by atoms with van der Waals surface area (Å²) in [7, 11) is 1.54. The van der Waals surface area contributed by atoms with Crippen LogP contribution >= 0.6 is 0 Å². The molecule has 2 amide bonds. The molecular weight excluding hydrogens is 437 g/mol. The molecule has 0 saturated carbocycles. The van der Waals surface area contributed by atoms with Crippen molar-refractivity contribution < 1.29 is 27.5 Å². The highest BCUT2D eigenvalue weighted by Crippen LogP contribution is 2.28. The van der Waals surface area contributed by atoms with E-state index in [0.717, 1.165) is 10.7 Å². The molecule has 1 aliphatic heterocycles. The second kappa shape index (κ2) is 8.97. The summed E-state index contributed by atoms with van der Waals surface area (Å²) in [5, 5.41) is 3.53. The summed E-state index contributed by atoms with van der Waals surface area (Å²) < 4.78 is 44.5. The summed E-state index contributed by atoms with van der Waals surface area (Å²) >= 11 is 0. The first-order chi connectivity index (χ1) is 15.8. The van der Waals surface area contributed by atoms with Crippen LogP contribution in [0.25, 0.3) is 5.69 Å². The second-order valence-electron chi connectivity index (χ2n) is 7.51. The SMILES string of the molecule is COc1cccc(C(=O)N2CCN(C(=O)c3ccc(-n4ccc(C(F)(F)F)n4)cc3)CC2)c1. The number of carbonyl (C=O) groups excluding carboxylic acids is 2. The molecule has 33 heavy (non-hydrogen) atoms. The summed E-state index contributed by atoms with van der Waals surface area (Å²) in [5.74, 6) is 0.275. The topological polar surface area (TPSA) is 67.7 Å². The van der Waals surface area contributed by atoms with E-state index in [9.17, 15) is 22.8 Å². The van der Waals surface area contributed by atoms with Crippen molar-refractivity contribution in [3.63, 3.8) is 0 Å². The molecule has 0 N–H and O–H groups in total. The lowest BCUT2D eigenvalue weighted by atomic mass is 10.1.